The molecule has 3 heteroatoms. The van der Waals surface area contributed by atoms with E-state index in [0.29, 0.717) is 6.04 Å². The first-order valence-electron chi connectivity index (χ1n) is 5.54. The fourth-order valence-corrected chi connectivity index (χ4v) is 1.97. The van der Waals surface area contributed by atoms with Gasteiger partial charge < -0.3 is 10.1 Å². The Morgan fingerprint density at radius 2 is 1.88 bits per heavy atom. The lowest BCUT2D eigenvalue weighted by Crippen LogP contribution is -2.29. The van der Waals surface area contributed by atoms with Crippen molar-refractivity contribution >= 4 is 17.4 Å². The predicted octanol–water partition coefficient (Wildman–Crippen LogP) is 3.38. The van der Waals surface area contributed by atoms with Gasteiger partial charge in [0, 0.05) is 24.6 Å². The first-order valence-corrected chi connectivity index (χ1v) is 6.94. The van der Waals surface area contributed by atoms with Crippen LogP contribution in [0.5, 0.6) is 0 Å². The molecule has 0 heterocycles. The van der Waals surface area contributed by atoms with Gasteiger partial charge in [-0.3, -0.25) is 0 Å². The molecule has 0 aliphatic heterocycles. The maximum atomic E-state index is 5.28. The molecule has 1 rings (SSSR count). The van der Waals surface area contributed by atoms with E-state index in [4.69, 9.17) is 4.74 Å². The minimum atomic E-state index is 0.214. The van der Waals surface area contributed by atoms with Crippen LogP contribution in [0.15, 0.2) is 24.3 Å². The van der Waals surface area contributed by atoms with Crippen molar-refractivity contribution in [3.8, 4) is 0 Å². The van der Waals surface area contributed by atoms with Crippen LogP contribution >= 0.6 is 11.8 Å². The smallest absolute Gasteiger partial charge is 0.0741 e. The van der Waals surface area contributed by atoms with Gasteiger partial charge in [-0.1, -0.05) is 12.1 Å². The topological polar surface area (TPSA) is 21.3 Å². The molecule has 0 radical (unpaired) electrons. The molecule has 1 aromatic rings. The number of rotatable bonds is 6. The van der Waals surface area contributed by atoms with E-state index in [2.05, 4.69) is 49.7 Å². The third kappa shape index (κ3) is 4.06. The maximum absolute atomic E-state index is 5.28. The third-order valence-electron chi connectivity index (χ3n) is 2.74. The van der Waals surface area contributed by atoms with Crippen LogP contribution in [0.4, 0.5) is 5.69 Å². The van der Waals surface area contributed by atoms with E-state index in [-0.39, 0.29) is 6.10 Å². The minimum Gasteiger partial charge on any atom is -0.380 e. The number of ether oxygens (including phenoxy) is 1. The Bertz CT molecular complexity index is 299. The van der Waals surface area contributed by atoms with Crippen LogP contribution in [0.25, 0.3) is 0 Å². The number of methoxy groups -OCH3 is 1. The number of anilines is 1. The lowest BCUT2D eigenvalue weighted by molar-refractivity contribution is 0.106. The quantitative estimate of drug-likeness (QED) is 0.822. The fraction of sp³-hybridized carbons (Fsp3) is 0.538. The van der Waals surface area contributed by atoms with Crippen molar-refractivity contribution < 1.29 is 4.74 Å². The largest absolute Gasteiger partial charge is 0.380 e. The van der Waals surface area contributed by atoms with Crippen LogP contribution in [-0.4, -0.2) is 25.5 Å². The highest BCUT2D eigenvalue weighted by Gasteiger charge is 2.10. The van der Waals surface area contributed by atoms with Crippen molar-refractivity contribution in [1.82, 2.24) is 0 Å². The van der Waals surface area contributed by atoms with E-state index < -0.39 is 0 Å². The summed E-state index contributed by atoms with van der Waals surface area (Å²) in [4.78, 5) is 0. The number of nitrogens with one attached hydrogen (secondary N) is 1. The summed E-state index contributed by atoms with van der Waals surface area (Å²) in [6.45, 7) is 4.20. The van der Waals surface area contributed by atoms with Gasteiger partial charge in [-0.15, -0.1) is 0 Å². The molecule has 16 heavy (non-hydrogen) atoms. The summed E-state index contributed by atoms with van der Waals surface area (Å²) < 4.78 is 5.28. The van der Waals surface area contributed by atoms with E-state index in [1.807, 2.05) is 11.8 Å². The first-order chi connectivity index (χ1) is 7.67. The third-order valence-corrected chi connectivity index (χ3v) is 3.36. The normalized spacial score (nSPS) is 14.5. The monoisotopic (exact) mass is 239 g/mol. The molecular weight excluding hydrogens is 218 g/mol. The zero-order valence-corrected chi connectivity index (χ0v) is 11.3. The summed E-state index contributed by atoms with van der Waals surface area (Å²) in [5.74, 6) is 1.07. The second-order valence-electron chi connectivity index (χ2n) is 4.00. The Labute approximate surface area is 103 Å². The molecule has 0 spiro atoms. The Balaban J connectivity index is 2.54. The van der Waals surface area contributed by atoms with Crippen molar-refractivity contribution in [3.05, 3.63) is 29.8 Å². The molecule has 2 atom stereocenters. The zero-order chi connectivity index (χ0) is 12.0. The number of hydrogen-bond donors (Lipinski definition) is 1. The summed E-state index contributed by atoms with van der Waals surface area (Å²) in [6, 6.07) is 8.91. The van der Waals surface area contributed by atoms with Gasteiger partial charge in [0.1, 0.15) is 0 Å². The molecule has 90 valence electrons. The Kier molecular flexibility index (Phi) is 5.71. The molecule has 0 aliphatic rings. The van der Waals surface area contributed by atoms with E-state index in [9.17, 15) is 0 Å². The highest BCUT2D eigenvalue weighted by atomic mass is 32.2. The van der Waals surface area contributed by atoms with Crippen LogP contribution in [0.2, 0.25) is 0 Å². The van der Waals surface area contributed by atoms with Crippen LogP contribution in [0.1, 0.15) is 19.4 Å². The van der Waals surface area contributed by atoms with Crippen molar-refractivity contribution in [1.29, 1.82) is 0 Å². The fourth-order valence-electron chi connectivity index (χ4n) is 1.45. The molecular formula is C13H21NOS. The number of thioether (sulfide) groups is 1. The van der Waals surface area contributed by atoms with Crippen molar-refractivity contribution in [3.63, 3.8) is 0 Å². The van der Waals surface area contributed by atoms with Crippen molar-refractivity contribution in [2.45, 2.75) is 31.7 Å². The minimum absolute atomic E-state index is 0.214. The van der Waals surface area contributed by atoms with Gasteiger partial charge in [0.25, 0.3) is 0 Å². The van der Waals surface area contributed by atoms with E-state index in [1.54, 1.807) is 7.11 Å². The lowest BCUT2D eigenvalue weighted by Gasteiger charge is -2.21. The maximum Gasteiger partial charge on any atom is 0.0741 e. The van der Waals surface area contributed by atoms with Gasteiger partial charge in [-0.05, 0) is 37.8 Å². The molecule has 2 nitrogen and oxygen atoms in total. The summed E-state index contributed by atoms with van der Waals surface area (Å²) >= 11 is 1.84. The van der Waals surface area contributed by atoms with Gasteiger partial charge in [-0.2, -0.15) is 11.8 Å². The second kappa shape index (κ2) is 6.81. The zero-order valence-electron chi connectivity index (χ0n) is 10.5. The molecule has 2 unspecified atom stereocenters. The van der Waals surface area contributed by atoms with Crippen LogP contribution in [-0.2, 0) is 10.5 Å². The van der Waals surface area contributed by atoms with Gasteiger partial charge >= 0.3 is 0 Å². The second-order valence-corrected chi connectivity index (χ2v) is 4.87. The molecule has 0 fully saturated rings. The van der Waals surface area contributed by atoms with E-state index in [0.717, 1.165) is 11.4 Å². The summed E-state index contributed by atoms with van der Waals surface area (Å²) in [6.07, 6.45) is 2.33. The first kappa shape index (κ1) is 13.4. The molecule has 0 bridgehead atoms. The van der Waals surface area contributed by atoms with Gasteiger partial charge in [0.05, 0.1) is 6.10 Å². The van der Waals surface area contributed by atoms with Crippen LogP contribution < -0.4 is 5.32 Å². The predicted molar refractivity (Wildman–Crippen MR) is 73.2 cm³/mol. The van der Waals surface area contributed by atoms with Gasteiger partial charge in [-0.25, -0.2) is 0 Å². The van der Waals surface area contributed by atoms with Crippen LogP contribution in [0.3, 0.4) is 0 Å². The van der Waals surface area contributed by atoms with Crippen molar-refractivity contribution in [2.75, 3.05) is 18.7 Å². The lowest BCUT2D eigenvalue weighted by atomic mass is 10.2. The Morgan fingerprint density at radius 3 is 2.38 bits per heavy atom. The Hall–Kier alpha value is -0.670. The highest BCUT2D eigenvalue weighted by molar-refractivity contribution is 7.97. The molecule has 0 saturated carbocycles. The average molecular weight is 239 g/mol. The molecule has 0 aromatic heterocycles. The molecule has 1 aromatic carbocycles. The standard InChI is InChI=1S/C13H21NOS/c1-10(11(2)15-3)14-13-7-5-12(6-8-13)9-16-4/h5-8,10-11,14H,9H2,1-4H3. The summed E-state index contributed by atoms with van der Waals surface area (Å²) in [7, 11) is 1.74. The van der Waals surface area contributed by atoms with Gasteiger partial charge in [0.15, 0.2) is 0 Å². The summed E-state index contributed by atoms with van der Waals surface area (Å²) in [5.41, 5.74) is 2.52. The molecule has 0 aliphatic carbocycles. The van der Waals surface area contributed by atoms with Gasteiger partial charge in [0.2, 0.25) is 0 Å². The number of benzene rings is 1. The van der Waals surface area contributed by atoms with Crippen molar-refractivity contribution in [2.24, 2.45) is 0 Å². The molecule has 0 amide bonds. The molecule has 1 N–H and O–H groups in total. The molecule has 0 saturated heterocycles. The van der Waals surface area contributed by atoms with E-state index in [1.165, 1.54) is 5.56 Å². The number of hydrogen-bond acceptors (Lipinski definition) is 3. The Morgan fingerprint density at radius 1 is 1.25 bits per heavy atom. The van der Waals surface area contributed by atoms with Crippen LogP contribution in [0, 0.1) is 0 Å². The highest BCUT2D eigenvalue weighted by Crippen LogP contribution is 2.15. The SMILES string of the molecule is COC(C)C(C)Nc1ccc(CSC)cc1. The van der Waals surface area contributed by atoms with E-state index >= 15 is 0 Å². The average Bonchev–Trinajstić information content (AvgIpc) is 2.31. The summed E-state index contributed by atoms with van der Waals surface area (Å²) in [5, 5.41) is 3.43.